The van der Waals surface area contributed by atoms with Crippen molar-refractivity contribution < 1.29 is 13.9 Å². The van der Waals surface area contributed by atoms with Crippen molar-refractivity contribution >= 4 is 23.0 Å². The molecule has 0 aromatic heterocycles. The molecule has 1 atom stereocenters. The molecule has 1 aliphatic rings. The fourth-order valence-electron chi connectivity index (χ4n) is 2.22. The Balaban J connectivity index is 2.95. The molecular formula is C17H27FN2O2S. The predicted octanol–water partition coefficient (Wildman–Crippen LogP) is 4.97. The minimum atomic E-state index is -0.712. The summed E-state index contributed by atoms with van der Waals surface area (Å²) in [5, 5.41) is 3.11. The van der Waals surface area contributed by atoms with E-state index in [1.165, 1.54) is 11.8 Å². The first-order valence-corrected chi connectivity index (χ1v) is 8.84. The van der Waals surface area contributed by atoms with Gasteiger partial charge in [0.05, 0.1) is 5.54 Å². The van der Waals surface area contributed by atoms with Crippen LogP contribution in [0.4, 0.5) is 9.18 Å². The van der Waals surface area contributed by atoms with Crippen LogP contribution >= 0.6 is 11.8 Å². The van der Waals surface area contributed by atoms with Gasteiger partial charge in [0, 0.05) is 11.3 Å². The summed E-state index contributed by atoms with van der Waals surface area (Å²) in [4.78, 5) is 16.4. The first-order chi connectivity index (χ1) is 10.6. The van der Waals surface area contributed by atoms with Crippen LogP contribution in [-0.4, -0.2) is 28.2 Å². The summed E-state index contributed by atoms with van der Waals surface area (Å²) in [6.45, 7) is 12.7. The number of hydrogen-bond acceptors (Lipinski definition) is 4. The first-order valence-electron chi connectivity index (χ1n) is 7.85. The number of unbranched alkanes of at least 4 members (excludes halogenated alkanes) is 1. The largest absolute Gasteiger partial charge is 0.444 e. The van der Waals surface area contributed by atoms with Crippen LogP contribution in [0, 0.1) is 0 Å². The molecule has 4 nitrogen and oxygen atoms in total. The zero-order valence-corrected chi connectivity index (χ0v) is 15.5. The second-order valence-corrected chi connectivity index (χ2v) is 7.81. The molecule has 1 amide bonds. The summed E-state index contributed by atoms with van der Waals surface area (Å²) < 4.78 is 19.1. The highest BCUT2D eigenvalue weighted by molar-refractivity contribution is 8.13. The Bertz CT molecular complexity index is 523. The normalized spacial score (nSPS) is 22.3. The minimum Gasteiger partial charge on any atom is -0.444 e. The lowest BCUT2D eigenvalue weighted by Gasteiger charge is -2.32. The van der Waals surface area contributed by atoms with Gasteiger partial charge in [-0.15, -0.1) is 0 Å². The Hall–Kier alpha value is -1.30. The number of alkyl carbamates (subject to hydrolysis) is 1. The van der Waals surface area contributed by atoms with E-state index in [1.807, 2.05) is 19.9 Å². The number of nitrogens with one attached hydrogen (secondary N) is 1. The molecule has 0 aromatic rings. The number of rotatable bonds is 4. The monoisotopic (exact) mass is 342 g/mol. The Morgan fingerprint density at radius 3 is 2.74 bits per heavy atom. The second kappa shape index (κ2) is 7.99. The number of ether oxygens (including phenoxy) is 1. The molecule has 0 fully saturated rings. The van der Waals surface area contributed by atoms with Crippen LogP contribution in [0.1, 0.15) is 53.9 Å². The molecule has 0 saturated carbocycles. The number of carbonyl (C=O) groups is 1. The first kappa shape index (κ1) is 19.7. The van der Waals surface area contributed by atoms with Gasteiger partial charge in [-0.2, -0.15) is 0 Å². The molecule has 0 saturated heterocycles. The quantitative estimate of drug-likeness (QED) is 0.734. The summed E-state index contributed by atoms with van der Waals surface area (Å²) in [6.07, 6.45) is 3.69. The molecule has 0 aromatic carbocycles. The van der Waals surface area contributed by atoms with E-state index in [1.54, 1.807) is 20.8 Å². The maximum atomic E-state index is 13.9. The predicted molar refractivity (Wildman–Crippen MR) is 95.5 cm³/mol. The number of hydrogen-bond donors (Lipinski definition) is 1. The molecule has 0 spiro atoms. The molecule has 0 aliphatic carbocycles. The number of carbonyl (C=O) groups excluding carboxylic acids is 1. The van der Waals surface area contributed by atoms with Crippen LogP contribution in [0.2, 0.25) is 0 Å². The van der Waals surface area contributed by atoms with Crippen molar-refractivity contribution in [2.45, 2.75) is 65.0 Å². The lowest BCUT2D eigenvalue weighted by atomic mass is 9.88. The fourth-order valence-corrected chi connectivity index (χ4v) is 3.33. The van der Waals surface area contributed by atoms with Crippen molar-refractivity contribution in [3.63, 3.8) is 0 Å². The maximum absolute atomic E-state index is 13.9. The average Bonchev–Trinajstić information content (AvgIpc) is 2.35. The number of amidine groups is 1. The molecular weight excluding hydrogens is 315 g/mol. The zero-order valence-electron chi connectivity index (χ0n) is 14.7. The Kier molecular flexibility index (Phi) is 6.86. The van der Waals surface area contributed by atoms with Gasteiger partial charge in [0.15, 0.2) is 5.17 Å². The van der Waals surface area contributed by atoms with Gasteiger partial charge in [0.2, 0.25) is 0 Å². The van der Waals surface area contributed by atoms with Crippen molar-refractivity contribution in [2.75, 3.05) is 5.75 Å². The third kappa shape index (κ3) is 6.37. The zero-order chi connectivity index (χ0) is 17.7. The van der Waals surface area contributed by atoms with Crippen molar-refractivity contribution in [2.24, 2.45) is 4.99 Å². The van der Waals surface area contributed by atoms with Gasteiger partial charge >= 0.3 is 6.09 Å². The Morgan fingerprint density at radius 2 is 2.22 bits per heavy atom. The lowest BCUT2D eigenvalue weighted by molar-refractivity contribution is 0.0564. The van der Waals surface area contributed by atoms with E-state index in [9.17, 15) is 9.18 Å². The number of halogens is 1. The standard InChI is InChI=1S/C17H27FN2O2S/c1-7-8-9-13(12(2)18)17(6)10-11-23-14(20-17)19-15(21)22-16(3,4)5/h9H,2,7-8,10-11H2,1,3-6H3,(H,19,20,21)/b13-9+. The number of aliphatic imine (C=N–C) groups is 1. The molecule has 0 bridgehead atoms. The third-order valence-electron chi connectivity index (χ3n) is 3.29. The molecule has 1 heterocycles. The summed E-state index contributed by atoms with van der Waals surface area (Å²) >= 11 is 1.43. The fraction of sp³-hybridized carbons (Fsp3) is 0.647. The highest BCUT2D eigenvalue weighted by Gasteiger charge is 2.34. The highest BCUT2D eigenvalue weighted by atomic mass is 32.2. The molecule has 1 aliphatic heterocycles. The van der Waals surface area contributed by atoms with Crippen molar-refractivity contribution in [3.05, 3.63) is 24.1 Å². The summed E-state index contributed by atoms with van der Waals surface area (Å²) in [5.41, 5.74) is -0.785. The summed E-state index contributed by atoms with van der Waals surface area (Å²) in [7, 11) is 0. The van der Waals surface area contributed by atoms with E-state index < -0.39 is 23.1 Å². The number of amides is 1. The van der Waals surface area contributed by atoms with Crippen LogP contribution in [0.25, 0.3) is 0 Å². The van der Waals surface area contributed by atoms with Gasteiger partial charge in [-0.25, -0.2) is 9.18 Å². The van der Waals surface area contributed by atoms with Gasteiger partial charge < -0.3 is 4.74 Å². The molecule has 0 radical (unpaired) electrons. The highest BCUT2D eigenvalue weighted by Crippen LogP contribution is 2.36. The van der Waals surface area contributed by atoms with Crippen molar-refractivity contribution in [1.82, 2.24) is 5.32 Å². The van der Waals surface area contributed by atoms with Crippen LogP contribution in [0.15, 0.2) is 29.0 Å². The number of thioether (sulfide) groups is 1. The van der Waals surface area contributed by atoms with Crippen LogP contribution < -0.4 is 5.32 Å². The molecule has 130 valence electrons. The smallest absolute Gasteiger partial charge is 0.413 e. The molecule has 23 heavy (non-hydrogen) atoms. The second-order valence-electron chi connectivity index (χ2n) is 6.73. The van der Waals surface area contributed by atoms with Crippen LogP contribution in [0.5, 0.6) is 0 Å². The van der Waals surface area contributed by atoms with E-state index >= 15 is 0 Å². The van der Waals surface area contributed by atoms with Gasteiger partial charge in [-0.3, -0.25) is 10.3 Å². The van der Waals surface area contributed by atoms with Gasteiger partial charge in [-0.1, -0.05) is 37.8 Å². The average molecular weight is 342 g/mol. The van der Waals surface area contributed by atoms with E-state index in [0.717, 1.165) is 18.6 Å². The van der Waals surface area contributed by atoms with E-state index in [4.69, 9.17) is 4.74 Å². The summed E-state index contributed by atoms with van der Waals surface area (Å²) in [6, 6.07) is 0. The van der Waals surface area contributed by atoms with Crippen LogP contribution in [0.3, 0.4) is 0 Å². The van der Waals surface area contributed by atoms with Crippen molar-refractivity contribution in [1.29, 1.82) is 0 Å². The maximum Gasteiger partial charge on any atom is 0.413 e. The van der Waals surface area contributed by atoms with E-state index in [2.05, 4.69) is 16.9 Å². The third-order valence-corrected chi connectivity index (χ3v) is 4.17. The lowest BCUT2D eigenvalue weighted by Crippen LogP contribution is -2.40. The molecule has 1 rings (SSSR count). The molecule has 6 heteroatoms. The van der Waals surface area contributed by atoms with E-state index in [0.29, 0.717) is 17.2 Å². The topological polar surface area (TPSA) is 50.7 Å². The summed E-state index contributed by atoms with van der Waals surface area (Å²) in [5.74, 6) is 0.273. The minimum absolute atomic E-state index is 0.455. The molecule has 1 N–H and O–H groups in total. The Labute approximate surface area is 142 Å². The van der Waals surface area contributed by atoms with Gasteiger partial charge in [-0.05, 0) is 40.5 Å². The number of nitrogens with zero attached hydrogens (tertiary/aromatic N) is 1. The Morgan fingerprint density at radius 1 is 1.57 bits per heavy atom. The van der Waals surface area contributed by atoms with Crippen LogP contribution in [-0.2, 0) is 4.74 Å². The van der Waals surface area contributed by atoms with Crippen molar-refractivity contribution in [3.8, 4) is 0 Å². The van der Waals surface area contributed by atoms with Gasteiger partial charge in [0.1, 0.15) is 11.4 Å². The van der Waals surface area contributed by atoms with Gasteiger partial charge in [0.25, 0.3) is 0 Å². The number of allylic oxidation sites excluding steroid dienone is 1. The SMILES string of the molecule is C=C(F)/C(=C\CCC)C1(C)CCSC(NC(=O)OC(C)(C)C)=N1. The van der Waals surface area contributed by atoms with E-state index in [-0.39, 0.29) is 0 Å². The molecule has 1 unspecified atom stereocenters.